The molecule has 4 fully saturated rings. The second-order valence-corrected chi connectivity index (χ2v) is 11.6. The third-order valence-electron chi connectivity index (χ3n) is 10.4. The molecule has 190 valence electrons. The van der Waals surface area contributed by atoms with Gasteiger partial charge in [-0.1, -0.05) is 20.8 Å². The standard InChI is InChI=1S/C26H32O9/c1-11-14(27)9-15-23(2,17(11)18(28)22(30)32-5)20-19(34-15)21(29)24(3)13(12-6-7-33-10-12)8-16-26(24,35-16)25(20,4)31/h6-7,9-11,13,16-21,28-29,31H,8H2,1-5H3/t11-,13+,16-,17-,18-,19+,20-,21+,23+,24-,25-,26-/m1/s1. The van der Waals surface area contributed by atoms with Crippen LogP contribution in [0.1, 0.15) is 45.6 Å². The van der Waals surface area contributed by atoms with Crippen molar-refractivity contribution in [3.8, 4) is 0 Å². The fraction of sp³-hybridized carbons (Fsp3) is 0.692. The van der Waals surface area contributed by atoms with Crippen molar-refractivity contribution >= 4 is 11.8 Å². The number of aliphatic hydroxyl groups is 3. The van der Waals surface area contributed by atoms with Gasteiger partial charge in [-0.25, -0.2) is 4.79 Å². The van der Waals surface area contributed by atoms with Gasteiger partial charge in [0.05, 0.1) is 25.7 Å². The van der Waals surface area contributed by atoms with Crippen LogP contribution in [0.15, 0.2) is 34.8 Å². The zero-order valence-electron chi connectivity index (χ0n) is 20.4. The average Bonchev–Trinajstić information content (AvgIpc) is 3.09. The first-order valence-electron chi connectivity index (χ1n) is 12.2. The minimum absolute atomic E-state index is 0.146. The van der Waals surface area contributed by atoms with Crippen LogP contribution in [0, 0.1) is 28.6 Å². The molecule has 5 aliphatic rings. The van der Waals surface area contributed by atoms with Gasteiger partial charge in [-0.3, -0.25) is 4.79 Å². The van der Waals surface area contributed by atoms with Gasteiger partial charge in [0.2, 0.25) is 0 Å². The number of allylic oxidation sites excluding steroid dienone is 2. The zero-order valence-corrected chi connectivity index (χ0v) is 20.4. The number of hydrogen-bond donors (Lipinski definition) is 3. The lowest BCUT2D eigenvalue weighted by Crippen LogP contribution is -2.73. The van der Waals surface area contributed by atoms with E-state index in [9.17, 15) is 24.9 Å². The number of ether oxygens (including phenoxy) is 3. The van der Waals surface area contributed by atoms with E-state index in [1.807, 2.05) is 13.0 Å². The van der Waals surface area contributed by atoms with Crippen LogP contribution in [0.25, 0.3) is 0 Å². The third kappa shape index (κ3) is 2.34. The lowest BCUT2D eigenvalue weighted by Gasteiger charge is -2.59. The van der Waals surface area contributed by atoms with E-state index in [2.05, 4.69) is 0 Å². The molecular weight excluding hydrogens is 456 g/mol. The van der Waals surface area contributed by atoms with Crippen molar-refractivity contribution in [2.24, 2.45) is 28.6 Å². The first-order valence-corrected chi connectivity index (χ1v) is 12.2. The third-order valence-corrected chi connectivity index (χ3v) is 10.4. The quantitative estimate of drug-likeness (QED) is 0.424. The molecule has 1 aromatic heterocycles. The molecule has 6 rings (SSSR count). The summed E-state index contributed by atoms with van der Waals surface area (Å²) in [6.07, 6.45) is 1.37. The molecule has 2 aliphatic heterocycles. The summed E-state index contributed by atoms with van der Waals surface area (Å²) in [7, 11) is 1.18. The number of aliphatic hydroxyl groups excluding tert-OH is 2. The van der Waals surface area contributed by atoms with E-state index in [4.69, 9.17) is 18.6 Å². The Morgan fingerprint density at radius 1 is 1.29 bits per heavy atom. The van der Waals surface area contributed by atoms with E-state index in [0.29, 0.717) is 6.42 Å². The first kappa shape index (κ1) is 23.2. The molecule has 0 aromatic carbocycles. The van der Waals surface area contributed by atoms with Crippen molar-refractivity contribution in [1.29, 1.82) is 0 Å². The molecule has 2 saturated heterocycles. The highest BCUT2D eigenvalue weighted by atomic mass is 16.6. The summed E-state index contributed by atoms with van der Waals surface area (Å²) in [5.41, 5.74) is -3.73. The number of hydrogen-bond acceptors (Lipinski definition) is 9. The number of carbonyl (C=O) groups is 2. The normalized spacial score (nSPS) is 52.4. The highest BCUT2D eigenvalue weighted by Crippen LogP contribution is 2.79. The van der Waals surface area contributed by atoms with Crippen molar-refractivity contribution in [3.63, 3.8) is 0 Å². The Kier molecular flexibility index (Phi) is 4.48. The Labute approximate surface area is 203 Å². The zero-order chi connectivity index (χ0) is 25.3. The SMILES string of the molecule is COC(=O)[C@H](O)[C@H]1[C@H](C)C(=O)C=C2O[C@H]3[C@H]([C@@]21C)[C@@](C)(O)[C@@]12O[C@@H]1C[C@@H](c1ccoc1)[C@]2(C)[C@H]3O. The predicted octanol–water partition coefficient (Wildman–Crippen LogP) is 1.31. The molecule has 0 unspecified atom stereocenters. The van der Waals surface area contributed by atoms with Gasteiger partial charge in [0.25, 0.3) is 0 Å². The molecular formula is C26H32O9. The number of fused-ring (bicyclic) bond motifs is 3. The van der Waals surface area contributed by atoms with Gasteiger partial charge in [-0.2, -0.15) is 0 Å². The number of rotatable bonds is 3. The smallest absolute Gasteiger partial charge is 0.335 e. The molecule has 9 heteroatoms. The molecule has 1 spiro atoms. The van der Waals surface area contributed by atoms with E-state index in [1.165, 1.54) is 13.2 Å². The molecule has 3 N–H and O–H groups in total. The summed E-state index contributed by atoms with van der Waals surface area (Å²) in [5.74, 6) is -3.47. The minimum atomic E-state index is -1.62. The fourth-order valence-corrected chi connectivity index (χ4v) is 8.91. The van der Waals surface area contributed by atoms with Crippen molar-refractivity contribution in [1.82, 2.24) is 0 Å². The number of esters is 1. The maximum atomic E-state index is 12.9. The van der Waals surface area contributed by atoms with Crippen LogP contribution in [-0.2, 0) is 23.8 Å². The molecule has 9 nitrogen and oxygen atoms in total. The number of ketones is 1. The number of furan rings is 1. The van der Waals surface area contributed by atoms with Crippen LogP contribution in [-0.4, -0.2) is 69.8 Å². The van der Waals surface area contributed by atoms with Gasteiger partial charge >= 0.3 is 5.97 Å². The molecule has 1 aromatic rings. The summed E-state index contributed by atoms with van der Waals surface area (Å²) in [4.78, 5) is 25.4. The second-order valence-electron chi connectivity index (χ2n) is 11.6. The number of methoxy groups -OCH3 is 1. The van der Waals surface area contributed by atoms with Crippen LogP contribution >= 0.6 is 0 Å². The molecule has 3 heterocycles. The summed E-state index contributed by atoms with van der Waals surface area (Å²) < 4.78 is 22.7. The Balaban J connectivity index is 1.52. The van der Waals surface area contributed by atoms with Crippen LogP contribution in [0.2, 0.25) is 0 Å². The molecule has 35 heavy (non-hydrogen) atoms. The molecule has 0 bridgehead atoms. The Hall–Kier alpha value is -2.20. The largest absolute Gasteiger partial charge is 0.491 e. The molecule has 12 atom stereocenters. The van der Waals surface area contributed by atoms with Crippen LogP contribution < -0.4 is 0 Å². The van der Waals surface area contributed by atoms with Gasteiger partial charge in [-0.05, 0) is 25.0 Å². The van der Waals surface area contributed by atoms with Gasteiger partial charge in [-0.15, -0.1) is 0 Å². The lowest BCUT2D eigenvalue weighted by molar-refractivity contribution is -0.245. The van der Waals surface area contributed by atoms with Gasteiger partial charge in [0, 0.05) is 40.6 Å². The topological polar surface area (TPSA) is 139 Å². The first-order chi connectivity index (χ1) is 16.4. The van der Waals surface area contributed by atoms with Crippen molar-refractivity contribution in [3.05, 3.63) is 36.0 Å². The van der Waals surface area contributed by atoms with Crippen molar-refractivity contribution < 1.29 is 43.5 Å². The van der Waals surface area contributed by atoms with Crippen molar-refractivity contribution in [2.45, 2.75) is 75.7 Å². The van der Waals surface area contributed by atoms with E-state index >= 15 is 0 Å². The summed E-state index contributed by atoms with van der Waals surface area (Å²) in [5, 5.41) is 35.4. The number of carbonyl (C=O) groups excluding carboxylic acids is 2. The Morgan fingerprint density at radius 2 is 2.00 bits per heavy atom. The van der Waals surface area contributed by atoms with E-state index in [-0.39, 0.29) is 23.6 Å². The van der Waals surface area contributed by atoms with Gasteiger partial charge in [0.15, 0.2) is 11.9 Å². The monoisotopic (exact) mass is 488 g/mol. The molecule has 0 radical (unpaired) electrons. The Morgan fingerprint density at radius 3 is 2.63 bits per heavy atom. The van der Waals surface area contributed by atoms with E-state index < -0.39 is 64.1 Å². The minimum Gasteiger partial charge on any atom is -0.491 e. The van der Waals surface area contributed by atoms with Crippen molar-refractivity contribution in [2.75, 3.05) is 7.11 Å². The highest BCUT2D eigenvalue weighted by Gasteiger charge is 2.90. The highest BCUT2D eigenvalue weighted by molar-refractivity contribution is 5.94. The van der Waals surface area contributed by atoms with Crippen LogP contribution in [0.4, 0.5) is 0 Å². The molecule has 2 saturated carbocycles. The van der Waals surface area contributed by atoms with Gasteiger partial charge < -0.3 is 33.9 Å². The van der Waals surface area contributed by atoms with E-state index in [0.717, 1.165) is 5.56 Å². The maximum absolute atomic E-state index is 12.9. The summed E-state index contributed by atoms with van der Waals surface area (Å²) in [6, 6.07) is 1.87. The second kappa shape index (κ2) is 6.76. The van der Waals surface area contributed by atoms with E-state index in [1.54, 1.807) is 33.3 Å². The summed E-state index contributed by atoms with van der Waals surface area (Å²) >= 11 is 0. The number of epoxide rings is 1. The van der Waals surface area contributed by atoms with Crippen LogP contribution in [0.3, 0.4) is 0 Å². The van der Waals surface area contributed by atoms with Gasteiger partial charge in [0.1, 0.15) is 29.2 Å². The predicted molar refractivity (Wildman–Crippen MR) is 119 cm³/mol. The Bertz CT molecular complexity index is 1120. The van der Waals surface area contributed by atoms with Crippen LogP contribution in [0.5, 0.6) is 0 Å². The molecule has 3 aliphatic carbocycles. The fourth-order valence-electron chi connectivity index (χ4n) is 8.91. The maximum Gasteiger partial charge on any atom is 0.335 e. The average molecular weight is 489 g/mol. The molecule has 0 amide bonds. The lowest BCUT2D eigenvalue weighted by atomic mass is 9.45. The summed E-state index contributed by atoms with van der Waals surface area (Å²) in [6.45, 7) is 7.07.